The highest BCUT2D eigenvalue weighted by Crippen LogP contribution is 2.36. The fraction of sp³-hybridized carbons (Fsp3) is 0.0625. The van der Waals surface area contributed by atoms with Crippen LogP contribution in [0.25, 0.3) is 22.2 Å². The summed E-state index contributed by atoms with van der Waals surface area (Å²) in [5, 5.41) is 10.2. The van der Waals surface area contributed by atoms with Gasteiger partial charge in [-0.3, -0.25) is 0 Å². The molecule has 0 bridgehead atoms. The number of hydrogen-bond acceptors (Lipinski definition) is 4. The van der Waals surface area contributed by atoms with Crippen LogP contribution in [0.4, 0.5) is 0 Å². The molecule has 3 rings (SSSR count). The van der Waals surface area contributed by atoms with E-state index in [2.05, 4.69) is 4.98 Å². The van der Waals surface area contributed by atoms with Gasteiger partial charge in [0.25, 0.3) is 0 Å². The zero-order chi connectivity index (χ0) is 15.7. The van der Waals surface area contributed by atoms with Gasteiger partial charge in [0.1, 0.15) is 10.5 Å². The molecule has 0 atom stereocenters. The monoisotopic (exact) mass is 335 g/mol. The Kier molecular flexibility index (Phi) is 3.96. The maximum Gasteiger partial charge on any atom is 0.238 e. The summed E-state index contributed by atoms with van der Waals surface area (Å²) < 4.78 is 10.6. The standard InChI is InChI=1S/C16H11Cl2NO3/c1-21-14-8-9(6-10(17)15(14)20)7-11(18)16-19-12-4-2-3-5-13(12)22-16/h2-8,20H,1H3. The Morgan fingerprint density at radius 3 is 2.82 bits per heavy atom. The molecule has 2 aromatic carbocycles. The van der Waals surface area contributed by atoms with Gasteiger partial charge in [-0.05, 0) is 35.9 Å². The van der Waals surface area contributed by atoms with Crippen LogP contribution in [0.5, 0.6) is 11.5 Å². The number of ether oxygens (including phenoxy) is 1. The average molecular weight is 336 g/mol. The van der Waals surface area contributed by atoms with E-state index in [1.165, 1.54) is 7.11 Å². The Labute approximate surface area is 136 Å². The van der Waals surface area contributed by atoms with E-state index in [0.29, 0.717) is 22.1 Å². The van der Waals surface area contributed by atoms with Crippen LogP contribution in [0.3, 0.4) is 0 Å². The lowest BCUT2D eigenvalue weighted by Gasteiger charge is -2.06. The first kappa shape index (κ1) is 14.8. The van der Waals surface area contributed by atoms with E-state index in [1.54, 1.807) is 18.2 Å². The van der Waals surface area contributed by atoms with E-state index in [1.807, 2.05) is 24.3 Å². The lowest BCUT2D eigenvalue weighted by atomic mass is 10.2. The molecule has 0 unspecified atom stereocenters. The van der Waals surface area contributed by atoms with Crippen LogP contribution in [0, 0.1) is 0 Å². The molecule has 0 amide bonds. The first-order valence-electron chi connectivity index (χ1n) is 6.38. The average Bonchev–Trinajstić information content (AvgIpc) is 2.94. The van der Waals surface area contributed by atoms with Crippen LogP contribution in [0.15, 0.2) is 40.8 Å². The van der Waals surface area contributed by atoms with Crippen LogP contribution in [0.1, 0.15) is 11.5 Å². The first-order valence-corrected chi connectivity index (χ1v) is 7.13. The molecule has 0 spiro atoms. The van der Waals surface area contributed by atoms with Gasteiger partial charge in [0, 0.05) is 0 Å². The summed E-state index contributed by atoms with van der Waals surface area (Å²) in [5.74, 6) is 0.464. The van der Waals surface area contributed by atoms with Gasteiger partial charge in [0.2, 0.25) is 5.89 Å². The zero-order valence-electron chi connectivity index (χ0n) is 11.5. The molecule has 0 radical (unpaired) electrons. The fourth-order valence-electron chi connectivity index (χ4n) is 2.02. The Bertz CT molecular complexity index is 838. The van der Waals surface area contributed by atoms with Crippen molar-refractivity contribution >= 4 is 45.4 Å². The molecule has 3 aromatic rings. The minimum atomic E-state index is -0.112. The Balaban J connectivity index is 2.02. The van der Waals surface area contributed by atoms with E-state index in [0.717, 1.165) is 5.52 Å². The second kappa shape index (κ2) is 5.91. The molecule has 1 N–H and O–H groups in total. The molecular formula is C16H11Cl2NO3. The Morgan fingerprint density at radius 1 is 1.32 bits per heavy atom. The van der Waals surface area contributed by atoms with Crippen molar-refractivity contribution in [3.8, 4) is 11.5 Å². The highest BCUT2D eigenvalue weighted by Gasteiger charge is 2.11. The molecule has 0 saturated heterocycles. The predicted octanol–water partition coefficient (Wildman–Crippen LogP) is 4.93. The maximum absolute atomic E-state index is 9.73. The largest absolute Gasteiger partial charge is 0.503 e. The first-order chi connectivity index (χ1) is 10.6. The fourth-order valence-corrected chi connectivity index (χ4v) is 2.44. The van der Waals surface area contributed by atoms with Crippen molar-refractivity contribution in [2.24, 2.45) is 0 Å². The molecule has 0 aliphatic rings. The maximum atomic E-state index is 9.73. The predicted molar refractivity (Wildman–Crippen MR) is 87.4 cm³/mol. The van der Waals surface area contributed by atoms with Crippen molar-refractivity contribution in [3.63, 3.8) is 0 Å². The quantitative estimate of drug-likeness (QED) is 0.737. The SMILES string of the molecule is COc1cc(C=C(Cl)c2nc3ccccc3o2)cc(Cl)c1O. The van der Waals surface area contributed by atoms with Gasteiger partial charge in [-0.15, -0.1) is 0 Å². The van der Waals surface area contributed by atoms with Gasteiger partial charge in [-0.1, -0.05) is 35.3 Å². The van der Waals surface area contributed by atoms with Gasteiger partial charge in [-0.25, -0.2) is 4.98 Å². The molecule has 4 nitrogen and oxygen atoms in total. The molecule has 0 aliphatic carbocycles. The number of para-hydroxylation sites is 2. The number of benzene rings is 2. The highest BCUT2D eigenvalue weighted by atomic mass is 35.5. The normalized spacial score (nSPS) is 11.9. The number of rotatable bonds is 3. The molecule has 1 heterocycles. The van der Waals surface area contributed by atoms with E-state index in [4.69, 9.17) is 32.4 Å². The number of hydrogen-bond donors (Lipinski definition) is 1. The summed E-state index contributed by atoms with van der Waals surface area (Å²) in [5.41, 5.74) is 2.04. The molecule has 0 fully saturated rings. The number of phenolic OH excluding ortho intramolecular Hbond substituents is 1. The van der Waals surface area contributed by atoms with Crippen LogP contribution in [-0.2, 0) is 0 Å². The number of nitrogens with zero attached hydrogens (tertiary/aromatic N) is 1. The topological polar surface area (TPSA) is 55.5 Å². The lowest BCUT2D eigenvalue weighted by Crippen LogP contribution is -1.86. The molecule has 1 aromatic heterocycles. The summed E-state index contributed by atoms with van der Waals surface area (Å²) >= 11 is 12.2. The molecule has 6 heteroatoms. The minimum absolute atomic E-state index is 0.112. The third-order valence-corrected chi connectivity index (χ3v) is 3.62. The van der Waals surface area contributed by atoms with Crippen molar-refractivity contribution in [1.29, 1.82) is 0 Å². The minimum Gasteiger partial charge on any atom is -0.503 e. The van der Waals surface area contributed by atoms with Crippen molar-refractivity contribution in [3.05, 3.63) is 52.9 Å². The molecule has 112 valence electrons. The molecule has 0 aliphatic heterocycles. The van der Waals surface area contributed by atoms with Gasteiger partial charge in [0.05, 0.1) is 12.1 Å². The number of oxazole rings is 1. The van der Waals surface area contributed by atoms with Crippen molar-refractivity contribution in [2.45, 2.75) is 0 Å². The van der Waals surface area contributed by atoms with Crippen LogP contribution >= 0.6 is 23.2 Å². The van der Waals surface area contributed by atoms with Gasteiger partial charge < -0.3 is 14.3 Å². The van der Waals surface area contributed by atoms with Gasteiger partial charge in [0.15, 0.2) is 17.1 Å². The number of methoxy groups -OCH3 is 1. The van der Waals surface area contributed by atoms with E-state index in [9.17, 15) is 5.11 Å². The summed E-state index contributed by atoms with van der Waals surface area (Å²) in [7, 11) is 1.45. The van der Waals surface area contributed by atoms with E-state index < -0.39 is 0 Å². The second-order valence-electron chi connectivity index (χ2n) is 4.53. The summed E-state index contributed by atoms with van der Waals surface area (Å²) in [4.78, 5) is 4.31. The van der Waals surface area contributed by atoms with Crippen LogP contribution < -0.4 is 4.74 Å². The summed E-state index contributed by atoms with van der Waals surface area (Å²) in [6.07, 6.45) is 1.64. The third kappa shape index (κ3) is 2.75. The number of fused-ring (bicyclic) bond motifs is 1. The second-order valence-corrected chi connectivity index (χ2v) is 5.35. The number of phenols is 1. The Morgan fingerprint density at radius 2 is 2.09 bits per heavy atom. The molecule has 22 heavy (non-hydrogen) atoms. The van der Waals surface area contributed by atoms with Crippen molar-refractivity contribution in [1.82, 2.24) is 4.98 Å². The van der Waals surface area contributed by atoms with E-state index >= 15 is 0 Å². The van der Waals surface area contributed by atoms with Crippen LogP contribution in [0.2, 0.25) is 5.02 Å². The summed E-state index contributed by atoms with van der Waals surface area (Å²) in [6.45, 7) is 0. The number of aromatic nitrogens is 1. The smallest absolute Gasteiger partial charge is 0.238 e. The highest BCUT2D eigenvalue weighted by molar-refractivity contribution is 6.50. The van der Waals surface area contributed by atoms with Gasteiger partial charge in [-0.2, -0.15) is 0 Å². The van der Waals surface area contributed by atoms with Crippen molar-refractivity contribution in [2.75, 3.05) is 7.11 Å². The third-order valence-electron chi connectivity index (χ3n) is 3.06. The van der Waals surface area contributed by atoms with Gasteiger partial charge >= 0.3 is 0 Å². The van der Waals surface area contributed by atoms with Crippen LogP contribution in [-0.4, -0.2) is 17.2 Å². The molecule has 0 saturated carbocycles. The van der Waals surface area contributed by atoms with Crippen molar-refractivity contribution < 1.29 is 14.3 Å². The number of halogens is 2. The lowest BCUT2D eigenvalue weighted by molar-refractivity contribution is 0.373. The molecular weight excluding hydrogens is 325 g/mol. The summed E-state index contributed by atoms with van der Waals surface area (Å²) in [6, 6.07) is 10.6. The zero-order valence-corrected chi connectivity index (χ0v) is 13.0. The number of aromatic hydroxyl groups is 1. The van der Waals surface area contributed by atoms with E-state index in [-0.39, 0.29) is 16.5 Å². The Hall–Kier alpha value is -2.17.